The number of aromatic nitrogens is 2. The molecule has 0 radical (unpaired) electrons. The lowest BCUT2D eigenvalue weighted by Crippen LogP contribution is -2.15. The molecule has 0 aliphatic rings. The van der Waals surface area contributed by atoms with Gasteiger partial charge in [-0.3, -0.25) is 4.79 Å². The van der Waals surface area contributed by atoms with Crippen LogP contribution in [0, 0.1) is 0 Å². The van der Waals surface area contributed by atoms with Crippen molar-refractivity contribution in [2.24, 2.45) is 0 Å². The van der Waals surface area contributed by atoms with Crippen molar-refractivity contribution in [2.75, 3.05) is 0 Å². The maximum absolute atomic E-state index is 10.9. The maximum atomic E-state index is 10.9. The third-order valence-corrected chi connectivity index (χ3v) is 4.08. The van der Waals surface area contributed by atoms with Gasteiger partial charge in [0.1, 0.15) is 5.25 Å². The van der Waals surface area contributed by atoms with Crippen LogP contribution in [0.15, 0.2) is 25.6 Å². The molecule has 1 atom stereocenters. The highest BCUT2D eigenvalue weighted by molar-refractivity contribution is 9.10. The average molecular weight is 347 g/mol. The smallest absolute Gasteiger partial charge is 0.316 e. The van der Waals surface area contributed by atoms with Crippen LogP contribution in [0.25, 0.3) is 11.7 Å². The van der Waals surface area contributed by atoms with Crippen LogP contribution in [-0.4, -0.2) is 26.5 Å². The van der Waals surface area contributed by atoms with Gasteiger partial charge < -0.3 is 13.9 Å². The zero-order valence-corrected chi connectivity index (χ0v) is 12.4. The number of rotatable bonds is 6. The first-order valence-corrected chi connectivity index (χ1v) is 7.36. The number of carboxylic acid groups (broad SMARTS) is 1. The SMILES string of the molecule is CCC(SCc1nnc(-c2ccc(Br)o2)o1)C(=O)O. The van der Waals surface area contributed by atoms with Crippen LogP contribution >= 0.6 is 27.7 Å². The van der Waals surface area contributed by atoms with Gasteiger partial charge in [0.05, 0.1) is 5.75 Å². The number of nitrogens with zero attached hydrogens (tertiary/aromatic N) is 2. The van der Waals surface area contributed by atoms with Crippen molar-refractivity contribution in [1.82, 2.24) is 10.2 Å². The van der Waals surface area contributed by atoms with Crippen molar-refractivity contribution in [3.8, 4) is 11.7 Å². The van der Waals surface area contributed by atoms with Gasteiger partial charge in [-0.2, -0.15) is 0 Å². The predicted octanol–water partition coefficient (Wildman–Crippen LogP) is 3.19. The molecule has 1 unspecified atom stereocenters. The molecule has 0 spiro atoms. The van der Waals surface area contributed by atoms with E-state index in [0.29, 0.717) is 28.5 Å². The Kier molecular flexibility index (Phi) is 4.65. The van der Waals surface area contributed by atoms with Crippen LogP contribution in [0.3, 0.4) is 0 Å². The first-order valence-electron chi connectivity index (χ1n) is 5.52. The van der Waals surface area contributed by atoms with E-state index in [4.69, 9.17) is 13.9 Å². The number of halogens is 1. The maximum Gasteiger partial charge on any atom is 0.316 e. The Hall–Kier alpha value is -1.28. The summed E-state index contributed by atoms with van der Waals surface area (Å²) in [5, 5.41) is 16.2. The molecule has 0 saturated heterocycles. The molecule has 102 valence electrons. The summed E-state index contributed by atoms with van der Waals surface area (Å²) >= 11 is 4.45. The minimum Gasteiger partial charge on any atom is -0.480 e. The van der Waals surface area contributed by atoms with Crippen molar-refractivity contribution in [3.05, 3.63) is 22.7 Å². The average Bonchev–Trinajstić information content (AvgIpc) is 2.98. The molecule has 0 bridgehead atoms. The van der Waals surface area contributed by atoms with E-state index in [1.807, 2.05) is 6.92 Å². The number of hydrogen-bond donors (Lipinski definition) is 1. The van der Waals surface area contributed by atoms with E-state index in [1.54, 1.807) is 12.1 Å². The fraction of sp³-hybridized carbons (Fsp3) is 0.364. The van der Waals surface area contributed by atoms with Gasteiger partial charge in [-0.15, -0.1) is 22.0 Å². The van der Waals surface area contributed by atoms with Gasteiger partial charge in [-0.05, 0) is 34.5 Å². The lowest BCUT2D eigenvalue weighted by Gasteiger charge is -2.06. The van der Waals surface area contributed by atoms with Crippen LogP contribution in [0.1, 0.15) is 19.2 Å². The van der Waals surface area contributed by atoms with Crippen molar-refractivity contribution in [3.63, 3.8) is 0 Å². The largest absolute Gasteiger partial charge is 0.480 e. The summed E-state index contributed by atoms with van der Waals surface area (Å²) in [5.41, 5.74) is 0. The summed E-state index contributed by atoms with van der Waals surface area (Å²) in [6, 6.07) is 3.44. The summed E-state index contributed by atoms with van der Waals surface area (Å²) in [7, 11) is 0. The van der Waals surface area contributed by atoms with Gasteiger partial charge >= 0.3 is 5.97 Å². The van der Waals surface area contributed by atoms with Gasteiger partial charge in [0.25, 0.3) is 5.89 Å². The number of hydrogen-bond acceptors (Lipinski definition) is 6. The predicted molar refractivity (Wildman–Crippen MR) is 72.7 cm³/mol. The van der Waals surface area contributed by atoms with Crippen molar-refractivity contribution in [2.45, 2.75) is 24.3 Å². The molecule has 0 aliphatic carbocycles. The minimum absolute atomic E-state index is 0.282. The zero-order chi connectivity index (χ0) is 13.8. The third kappa shape index (κ3) is 3.60. The molecular formula is C11H11BrN2O4S. The first-order chi connectivity index (χ1) is 9.10. The van der Waals surface area contributed by atoms with Gasteiger partial charge in [0.15, 0.2) is 10.4 Å². The summed E-state index contributed by atoms with van der Waals surface area (Å²) in [4.78, 5) is 10.9. The highest BCUT2D eigenvalue weighted by Gasteiger charge is 2.18. The highest BCUT2D eigenvalue weighted by atomic mass is 79.9. The van der Waals surface area contributed by atoms with E-state index >= 15 is 0 Å². The molecule has 0 saturated carbocycles. The summed E-state index contributed by atoms with van der Waals surface area (Å²) < 4.78 is 11.3. The standard InChI is InChI=1S/C11H11BrN2O4S/c1-2-7(11(15)16)19-5-9-13-14-10(18-9)6-3-4-8(12)17-6/h3-4,7H,2,5H2,1H3,(H,15,16). The minimum atomic E-state index is -0.831. The molecule has 0 amide bonds. The first kappa shape index (κ1) is 14.1. The Morgan fingerprint density at radius 3 is 2.84 bits per heavy atom. The van der Waals surface area contributed by atoms with Gasteiger partial charge in [-0.25, -0.2) is 0 Å². The van der Waals surface area contributed by atoms with Crippen LogP contribution in [0.5, 0.6) is 0 Å². The molecule has 6 nitrogen and oxygen atoms in total. The Morgan fingerprint density at radius 1 is 1.47 bits per heavy atom. The molecule has 19 heavy (non-hydrogen) atoms. The number of carbonyl (C=O) groups is 1. The molecule has 2 rings (SSSR count). The van der Waals surface area contributed by atoms with Crippen molar-refractivity contribution in [1.29, 1.82) is 0 Å². The second-order valence-corrected chi connectivity index (χ2v) is 5.62. The zero-order valence-electron chi connectivity index (χ0n) is 10.00. The van der Waals surface area contributed by atoms with E-state index in [2.05, 4.69) is 26.1 Å². The second-order valence-electron chi connectivity index (χ2n) is 3.65. The fourth-order valence-corrected chi connectivity index (χ4v) is 2.52. The topological polar surface area (TPSA) is 89.4 Å². The molecule has 0 aliphatic heterocycles. The fourth-order valence-electron chi connectivity index (χ4n) is 1.38. The van der Waals surface area contributed by atoms with Gasteiger partial charge in [-0.1, -0.05) is 6.92 Å². The number of thioether (sulfide) groups is 1. The molecule has 2 heterocycles. The highest BCUT2D eigenvalue weighted by Crippen LogP contribution is 2.26. The molecular weight excluding hydrogens is 336 g/mol. The second kappa shape index (κ2) is 6.25. The molecule has 8 heteroatoms. The van der Waals surface area contributed by atoms with Crippen LogP contribution in [0.2, 0.25) is 0 Å². The van der Waals surface area contributed by atoms with E-state index in [-0.39, 0.29) is 5.89 Å². The van der Waals surface area contributed by atoms with Gasteiger partial charge in [0.2, 0.25) is 5.89 Å². The molecule has 1 N–H and O–H groups in total. The normalized spacial score (nSPS) is 12.5. The Balaban J connectivity index is 2.00. The number of aliphatic carboxylic acids is 1. The summed E-state index contributed by atoms with van der Waals surface area (Å²) in [6.45, 7) is 1.82. The van der Waals surface area contributed by atoms with E-state index in [1.165, 1.54) is 11.8 Å². The van der Waals surface area contributed by atoms with Crippen LogP contribution < -0.4 is 0 Å². The van der Waals surface area contributed by atoms with Crippen molar-refractivity contribution >= 4 is 33.7 Å². The number of furan rings is 1. The third-order valence-electron chi connectivity index (χ3n) is 2.31. The molecule has 0 fully saturated rings. The van der Waals surface area contributed by atoms with Crippen LogP contribution in [-0.2, 0) is 10.5 Å². The summed E-state index contributed by atoms with van der Waals surface area (Å²) in [5.74, 6) is 0.666. The van der Waals surface area contributed by atoms with E-state index < -0.39 is 11.2 Å². The Bertz CT molecular complexity index is 569. The molecule has 2 aromatic rings. The monoisotopic (exact) mass is 346 g/mol. The van der Waals surface area contributed by atoms with Crippen molar-refractivity contribution < 1.29 is 18.7 Å². The van der Waals surface area contributed by atoms with E-state index in [0.717, 1.165) is 0 Å². The van der Waals surface area contributed by atoms with Gasteiger partial charge in [0, 0.05) is 0 Å². The lowest BCUT2D eigenvalue weighted by molar-refractivity contribution is -0.136. The lowest BCUT2D eigenvalue weighted by atomic mass is 10.3. The quantitative estimate of drug-likeness (QED) is 0.858. The van der Waals surface area contributed by atoms with E-state index in [9.17, 15) is 4.79 Å². The molecule has 0 aromatic carbocycles. The Morgan fingerprint density at radius 2 is 2.26 bits per heavy atom. The summed E-state index contributed by atoms with van der Waals surface area (Å²) in [6.07, 6.45) is 0.548. The van der Waals surface area contributed by atoms with Crippen LogP contribution in [0.4, 0.5) is 0 Å². The Labute approximate surface area is 121 Å². The molecule has 2 aromatic heterocycles. The number of carboxylic acids is 1.